The van der Waals surface area contributed by atoms with Crippen LogP contribution >= 0.6 is 0 Å². The molecule has 0 rings (SSSR count). The second kappa shape index (κ2) is 6.07. The van der Waals surface area contributed by atoms with Gasteiger partial charge < -0.3 is 14.8 Å². The van der Waals surface area contributed by atoms with Crippen molar-refractivity contribution in [1.29, 1.82) is 0 Å². The topological polar surface area (TPSA) is 49.7 Å². The molecule has 0 atom stereocenters. The molecule has 3 nitrogen and oxygen atoms in total. The molecule has 0 aromatic carbocycles. The summed E-state index contributed by atoms with van der Waals surface area (Å²) < 4.78 is 4.96. The van der Waals surface area contributed by atoms with Gasteiger partial charge in [-0.05, 0) is 19.7 Å². The lowest BCUT2D eigenvalue weighted by Crippen LogP contribution is -2.11. The van der Waals surface area contributed by atoms with Crippen molar-refractivity contribution in [2.45, 2.75) is 19.7 Å². The van der Waals surface area contributed by atoms with Crippen molar-refractivity contribution >= 4 is 7.12 Å². The van der Waals surface area contributed by atoms with E-state index in [0.717, 1.165) is 0 Å². The normalized spacial score (nSPS) is 9.67. The highest BCUT2D eigenvalue weighted by atomic mass is 16.5. The van der Waals surface area contributed by atoms with Gasteiger partial charge in [-0.25, -0.2) is 0 Å². The average molecular weight is 132 g/mol. The van der Waals surface area contributed by atoms with Gasteiger partial charge in [-0.1, -0.05) is 0 Å². The van der Waals surface area contributed by atoms with Gasteiger partial charge in [-0.3, -0.25) is 0 Å². The Morgan fingerprint density at radius 3 is 2.56 bits per heavy atom. The highest BCUT2D eigenvalue weighted by Crippen LogP contribution is 1.91. The van der Waals surface area contributed by atoms with Crippen LogP contribution in [0.15, 0.2) is 0 Å². The zero-order valence-corrected chi connectivity index (χ0v) is 5.71. The SMILES string of the molecule is CCOCCCB(O)O. The number of ether oxygens (including phenoxy) is 1. The molecule has 54 valence electrons. The van der Waals surface area contributed by atoms with E-state index in [1.807, 2.05) is 6.92 Å². The van der Waals surface area contributed by atoms with Crippen molar-refractivity contribution in [3.05, 3.63) is 0 Å². The van der Waals surface area contributed by atoms with Crippen molar-refractivity contribution in [3.63, 3.8) is 0 Å². The van der Waals surface area contributed by atoms with Crippen LogP contribution in [0.5, 0.6) is 0 Å². The van der Waals surface area contributed by atoms with Gasteiger partial charge in [0.1, 0.15) is 0 Å². The molecule has 0 spiro atoms. The van der Waals surface area contributed by atoms with Crippen LogP contribution in [-0.2, 0) is 4.74 Å². The fourth-order valence-electron chi connectivity index (χ4n) is 0.512. The van der Waals surface area contributed by atoms with Crippen molar-refractivity contribution in [1.82, 2.24) is 0 Å². The van der Waals surface area contributed by atoms with Crippen molar-refractivity contribution in [3.8, 4) is 0 Å². The Bertz CT molecular complexity index is 58.2. The van der Waals surface area contributed by atoms with Crippen molar-refractivity contribution in [2.75, 3.05) is 13.2 Å². The van der Waals surface area contributed by atoms with Crippen LogP contribution in [0.2, 0.25) is 6.32 Å². The van der Waals surface area contributed by atoms with E-state index in [-0.39, 0.29) is 0 Å². The van der Waals surface area contributed by atoms with Gasteiger partial charge >= 0.3 is 7.12 Å². The molecule has 0 radical (unpaired) electrons. The maximum atomic E-state index is 8.35. The van der Waals surface area contributed by atoms with Crippen LogP contribution in [0, 0.1) is 0 Å². The van der Waals surface area contributed by atoms with Gasteiger partial charge in [0.15, 0.2) is 0 Å². The molecule has 0 aliphatic rings. The summed E-state index contributed by atoms with van der Waals surface area (Å²) in [5.41, 5.74) is 0. The molecule has 9 heavy (non-hydrogen) atoms. The first-order chi connectivity index (χ1) is 4.27. The molecule has 0 saturated carbocycles. The van der Waals surface area contributed by atoms with Crippen LogP contribution in [0.1, 0.15) is 13.3 Å². The van der Waals surface area contributed by atoms with E-state index >= 15 is 0 Å². The molecule has 0 aromatic rings. The van der Waals surface area contributed by atoms with E-state index in [1.54, 1.807) is 0 Å². The first-order valence-corrected chi connectivity index (χ1v) is 3.21. The lowest BCUT2D eigenvalue weighted by atomic mass is 9.85. The first kappa shape index (κ1) is 8.94. The molecule has 4 heteroatoms. The zero-order chi connectivity index (χ0) is 7.11. The third kappa shape index (κ3) is 7.94. The monoisotopic (exact) mass is 132 g/mol. The van der Waals surface area contributed by atoms with Crippen LogP contribution in [0.3, 0.4) is 0 Å². The standard InChI is InChI=1S/C5H13BO3/c1-2-9-5-3-4-6(7)8/h7-8H,2-5H2,1H3. The Morgan fingerprint density at radius 1 is 1.44 bits per heavy atom. The highest BCUT2D eigenvalue weighted by Gasteiger charge is 2.03. The molecule has 0 amide bonds. The van der Waals surface area contributed by atoms with Gasteiger partial charge in [0.05, 0.1) is 0 Å². The second-order valence-corrected chi connectivity index (χ2v) is 1.82. The third-order valence-electron chi connectivity index (χ3n) is 0.955. The first-order valence-electron chi connectivity index (χ1n) is 3.21. The average Bonchev–Trinajstić information content (AvgIpc) is 1.80. The zero-order valence-electron chi connectivity index (χ0n) is 5.71. The number of hydrogen-bond acceptors (Lipinski definition) is 3. The molecule has 0 unspecified atom stereocenters. The minimum Gasteiger partial charge on any atom is -0.427 e. The summed E-state index contributed by atoms with van der Waals surface area (Å²) in [7, 11) is -1.18. The molecular weight excluding hydrogens is 119 g/mol. The lowest BCUT2D eigenvalue weighted by Gasteiger charge is -1.98. The molecule has 0 aliphatic heterocycles. The minimum atomic E-state index is -1.18. The largest absolute Gasteiger partial charge is 0.451 e. The summed E-state index contributed by atoms with van der Waals surface area (Å²) in [5.74, 6) is 0. The van der Waals surface area contributed by atoms with Crippen LogP contribution < -0.4 is 0 Å². The Balaban J connectivity index is 2.75. The van der Waals surface area contributed by atoms with E-state index in [2.05, 4.69) is 0 Å². The molecule has 0 bridgehead atoms. The summed E-state index contributed by atoms with van der Waals surface area (Å²) >= 11 is 0. The van der Waals surface area contributed by atoms with E-state index in [9.17, 15) is 0 Å². The Kier molecular flexibility index (Phi) is 6.03. The van der Waals surface area contributed by atoms with Crippen LogP contribution in [0.25, 0.3) is 0 Å². The summed E-state index contributed by atoms with van der Waals surface area (Å²) in [6, 6.07) is 0. The maximum Gasteiger partial charge on any atom is 0.451 e. The Labute approximate surface area is 55.8 Å². The predicted octanol–water partition coefficient (Wildman–Crippen LogP) is -0.114. The summed E-state index contributed by atoms with van der Waals surface area (Å²) in [6.45, 7) is 3.23. The van der Waals surface area contributed by atoms with Crippen LogP contribution in [-0.4, -0.2) is 30.4 Å². The summed E-state index contributed by atoms with van der Waals surface area (Å²) in [5, 5.41) is 16.7. The fourth-order valence-corrected chi connectivity index (χ4v) is 0.512. The summed E-state index contributed by atoms with van der Waals surface area (Å²) in [6.07, 6.45) is 1.12. The molecular formula is C5H13BO3. The predicted molar refractivity (Wildman–Crippen MR) is 36.1 cm³/mol. The van der Waals surface area contributed by atoms with E-state index in [4.69, 9.17) is 14.8 Å². The van der Waals surface area contributed by atoms with E-state index in [0.29, 0.717) is 26.0 Å². The second-order valence-electron chi connectivity index (χ2n) is 1.82. The van der Waals surface area contributed by atoms with Crippen LogP contribution in [0.4, 0.5) is 0 Å². The van der Waals surface area contributed by atoms with Gasteiger partial charge in [-0.2, -0.15) is 0 Å². The van der Waals surface area contributed by atoms with Gasteiger partial charge in [0, 0.05) is 13.2 Å². The molecule has 2 N–H and O–H groups in total. The molecule has 0 aromatic heterocycles. The molecule has 0 aliphatic carbocycles. The van der Waals surface area contributed by atoms with Crippen molar-refractivity contribution < 1.29 is 14.8 Å². The molecule has 0 heterocycles. The summed E-state index contributed by atoms with van der Waals surface area (Å²) in [4.78, 5) is 0. The molecule has 0 saturated heterocycles. The van der Waals surface area contributed by atoms with Gasteiger partial charge in [0.2, 0.25) is 0 Å². The maximum absolute atomic E-state index is 8.35. The minimum absolute atomic E-state index is 0.403. The van der Waals surface area contributed by atoms with E-state index in [1.165, 1.54) is 0 Å². The molecule has 0 fully saturated rings. The quantitative estimate of drug-likeness (QED) is 0.405. The van der Waals surface area contributed by atoms with Gasteiger partial charge in [0.25, 0.3) is 0 Å². The fraction of sp³-hybridized carbons (Fsp3) is 1.00. The number of hydrogen-bond donors (Lipinski definition) is 2. The third-order valence-corrected chi connectivity index (χ3v) is 0.955. The number of rotatable bonds is 5. The van der Waals surface area contributed by atoms with E-state index < -0.39 is 7.12 Å². The smallest absolute Gasteiger partial charge is 0.427 e. The van der Waals surface area contributed by atoms with Gasteiger partial charge in [-0.15, -0.1) is 0 Å². The lowest BCUT2D eigenvalue weighted by molar-refractivity contribution is 0.147. The highest BCUT2D eigenvalue weighted by molar-refractivity contribution is 6.40. The Morgan fingerprint density at radius 2 is 2.11 bits per heavy atom. The van der Waals surface area contributed by atoms with Crippen molar-refractivity contribution in [2.24, 2.45) is 0 Å². The Hall–Kier alpha value is -0.0551.